The molecular formula is C15H13FO2. The molecule has 2 nitrogen and oxygen atoms in total. The summed E-state index contributed by atoms with van der Waals surface area (Å²) in [6.45, 7) is 3.91. The molecule has 2 rings (SSSR count). The molecule has 18 heavy (non-hydrogen) atoms. The summed E-state index contributed by atoms with van der Waals surface area (Å²) in [5.41, 5.74) is 3.43. The summed E-state index contributed by atoms with van der Waals surface area (Å²) in [5, 5.41) is 8.79. The Bertz CT molecular complexity index is 618. The van der Waals surface area contributed by atoms with Gasteiger partial charge in [0, 0.05) is 0 Å². The van der Waals surface area contributed by atoms with E-state index in [9.17, 15) is 9.18 Å². The molecule has 0 fully saturated rings. The number of hydrogen-bond acceptors (Lipinski definition) is 1. The summed E-state index contributed by atoms with van der Waals surface area (Å²) in [6, 6.07) is 10.1. The first-order valence-corrected chi connectivity index (χ1v) is 5.59. The second-order valence-corrected chi connectivity index (χ2v) is 4.32. The Balaban J connectivity index is 2.55. The molecule has 0 amide bonds. The molecule has 0 aromatic heterocycles. The van der Waals surface area contributed by atoms with Gasteiger partial charge in [-0.3, -0.25) is 0 Å². The van der Waals surface area contributed by atoms with Gasteiger partial charge in [-0.05, 0) is 42.7 Å². The number of halogens is 1. The summed E-state index contributed by atoms with van der Waals surface area (Å²) in [5.74, 6) is -1.96. The second kappa shape index (κ2) is 4.61. The van der Waals surface area contributed by atoms with E-state index in [-0.39, 0.29) is 5.56 Å². The molecule has 92 valence electrons. The number of aryl methyl sites for hydroxylation is 2. The summed E-state index contributed by atoms with van der Waals surface area (Å²) < 4.78 is 13.6. The van der Waals surface area contributed by atoms with E-state index in [0.29, 0.717) is 5.56 Å². The number of rotatable bonds is 2. The van der Waals surface area contributed by atoms with Gasteiger partial charge in [0.25, 0.3) is 0 Å². The highest BCUT2D eigenvalue weighted by Gasteiger charge is 2.12. The fraction of sp³-hybridized carbons (Fsp3) is 0.133. The number of carboxylic acid groups (broad SMARTS) is 1. The Morgan fingerprint density at radius 3 is 2.44 bits per heavy atom. The van der Waals surface area contributed by atoms with Crippen molar-refractivity contribution in [2.45, 2.75) is 13.8 Å². The molecule has 0 aliphatic heterocycles. The number of benzene rings is 2. The van der Waals surface area contributed by atoms with Gasteiger partial charge in [-0.1, -0.05) is 29.8 Å². The zero-order valence-electron chi connectivity index (χ0n) is 10.2. The standard InChI is InChI=1S/C15H13FO2/c1-9-3-4-10(2)13(7-9)11-5-6-12(15(17)18)14(16)8-11/h3-8H,1-2H3,(H,17,18). The zero-order chi connectivity index (χ0) is 13.3. The molecule has 3 heteroatoms. The van der Waals surface area contributed by atoms with E-state index in [2.05, 4.69) is 0 Å². The van der Waals surface area contributed by atoms with E-state index < -0.39 is 11.8 Å². The highest BCUT2D eigenvalue weighted by atomic mass is 19.1. The first-order chi connectivity index (χ1) is 8.49. The largest absolute Gasteiger partial charge is 0.478 e. The van der Waals surface area contributed by atoms with Crippen molar-refractivity contribution in [1.29, 1.82) is 0 Å². The van der Waals surface area contributed by atoms with Crippen molar-refractivity contribution < 1.29 is 14.3 Å². The van der Waals surface area contributed by atoms with E-state index in [1.54, 1.807) is 6.07 Å². The molecule has 0 unspecified atom stereocenters. The third kappa shape index (κ3) is 2.25. The van der Waals surface area contributed by atoms with Crippen LogP contribution in [0, 0.1) is 19.7 Å². The van der Waals surface area contributed by atoms with Crippen molar-refractivity contribution in [3.8, 4) is 11.1 Å². The van der Waals surface area contributed by atoms with Gasteiger partial charge in [0.2, 0.25) is 0 Å². The molecule has 0 saturated heterocycles. The molecule has 1 N–H and O–H groups in total. The van der Waals surface area contributed by atoms with Gasteiger partial charge >= 0.3 is 5.97 Å². The number of hydrogen-bond donors (Lipinski definition) is 1. The Labute approximate surface area is 105 Å². The van der Waals surface area contributed by atoms with Crippen molar-refractivity contribution in [3.63, 3.8) is 0 Å². The van der Waals surface area contributed by atoms with Gasteiger partial charge in [0.15, 0.2) is 0 Å². The predicted octanol–water partition coefficient (Wildman–Crippen LogP) is 3.81. The molecule has 0 aliphatic rings. The minimum absolute atomic E-state index is 0.302. The molecule has 0 bridgehead atoms. The lowest BCUT2D eigenvalue weighted by Crippen LogP contribution is -2.00. The van der Waals surface area contributed by atoms with Crippen molar-refractivity contribution in [2.24, 2.45) is 0 Å². The maximum absolute atomic E-state index is 13.6. The molecule has 0 atom stereocenters. The minimum atomic E-state index is -1.25. The van der Waals surface area contributed by atoms with Crippen molar-refractivity contribution in [2.75, 3.05) is 0 Å². The molecule has 0 radical (unpaired) electrons. The predicted molar refractivity (Wildman–Crippen MR) is 68.3 cm³/mol. The Kier molecular flexibility index (Phi) is 3.15. The number of carboxylic acids is 1. The minimum Gasteiger partial charge on any atom is -0.478 e. The quantitative estimate of drug-likeness (QED) is 0.872. The average Bonchev–Trinajstić information content (AvgIpc) is 2.31. The third-order valence-corrected chi connectivity index (χ3v) is 2.90. The fourth-order valence-corrected chi connectivity index (χ4v) is 1.90. The fourth-order valence-electron chi connectivity index (χ4n) is 1.90. The van der Waals surface area contributed by atoms with Gasteiger partial charge < -0.3 is 5.11 Å². The highest BCUT2D eigenvalue weighted by Crippen LogP contribution is 2.26. The van der Waals surface area contributed by atoms with Crippen molar-refractivity contribution in [3.05, 3.63) is 58.9 Å². The Hall–Kier alpha value is -2.16. The molecule has 0 heterocycles. The third-order valence-electron chi connectivity index (χ3n) is 2.90. The summed E-state index contributed by atoms with van der Waals surface area (Å²) >= 11 is 0. The lowest BCUT2D eigenvalue weighted by molar-refractivity contribution is 0.0692. The van der Waals surface area contributed by atoms with Gasteiger partial charge in [-0.15, -0.1) is 0 Å². The first-order valence-electron chi connectivity index (χ1n) is 5.59. The smallest absolute Gasteiger partial charge is 0.338 e. The molecule has 0 saturated carbocycles. The van der Waals surface area contributed by atoms with Crippen LogP contribution < -0.4 is 0 Å². The summed E-state index contributed by atoms with van der Waals surface area (Å²) in [7, 11) is 0. The second-order valence-electron chi connectivity index (χ2n) is 4.32. The molecule has 2 aromatic carbocycles. The monoisotopic (exact) mass is 244 g/mol. The van der Waals surface area contributed by atoms with E-state index >= 15 is 0 Å². The van der Waals surface area contributed by atoms with Crippen molar-refractivity contribution >= 4 is 5.97 Å². The normalized spacial score (nSPS) is 10.4. The maximum atomic E-state index is 13.6. The van der Waals surface area contributed by atoms with Gasteiger partial charge in [0.1, 0.15) is 5.82 Å². The van der Waals surface area contributed by atoms with E-state index in [4.69, 9.17) is 5.11 Å². The van der Waals surface area contributed by atoms with Gasteiger partial charge in [-0.25, -0.2) is 9.18 Å². The van der Waals surface area contributed by atoms with Crippen LogP contribution in [0.4, 0.5) is 4.39 Å². The first kappa shape index (κ1) is 12.3. The highest BCUT2D eigenvalue weighted by molar-refractivity contribution is 5.88. The van der Waals surface area contributed by atoms with Crippen LogP contribution in [0.2, 0.25) is 0 Å². The number of carbonyl (C=O) groups is 1. The van der Waals surface area contributed by atoms with Crippen LogP contribution in [-0.4, -0.2) is 11.1 Å². The molecular weight excluding hydrogens is 231 g/mol. The van der Waals surface area contributed by atoms with Crippen LogP contribution in [0.1, 0.15) is 21.5 Å². The summed E-state index contributed by atoms with van der Waals surface area (Å²) in [4.78, 5) is 10.8. The average molecular weight is 244 g/mol. The molecule has 0 aliphatic carbocycles. The SMILES string of the molecule is Cc1ccc(C)c(-c2ccc(C(=O)O)c(F)c2)c1. The van der Waals surface area contributed by atoms with Gasteiger partial charge in [-0.2, -0.15) is 0 Å². The Morgan fingerprint density at radius 1 is 1.11 bits per heavy atom. The lowest BCUT2D eigenvalue weighted by Gasteiger charge is -2.08. The van der Waals surface area contributed by atoms with Crippen LogP contribution in [0.5, 0.6) is 0 Å². The number of aromatic carboxylic acids is 1. The van der Waals surface area contributed by atoms with Crippen LogP contribution >= 0.6 is 0 Å². The van der Waals surface area contributed by atoms with Crippen LogP contribution in [-0.2, 0) is 0 Å². The maximum Gasteiger partial charge on any atom is 0.338 e. The molecule has 2 aromatic rings. The zero-order valence-corrected chi connectivity index (χ0v) is 10.2. The van der Waals surface area contributed by atoms with Crippen LogP contribution in [0.25, 0.3) is 11.1 Å². The molecule has 0 spiro atoms. The summed E-state index contributed by atoms with van der Waals surface area (Å²) in [6.07, 6.45) is 0. The Morgan fingerprint density at radius 2 is 1.83 bits per heavy atom. The van der Waals surface area contributed by atoms with Crippen LogP contribution in [0.15, 0.2) is 36.4 Å². The lowest BCUT2D eigenvalue weighted by atomic mass is 9.97. The van der Waals surface area contributed by atoms with Gasteiger partial charge in [0.05, 0.1) is 5.56 Å². The van der Waals surface area contributed by atoms with E-state index in [0.717, 1.165) is 16.7 Å². The van der Waals surface area contributed by atoms with E-state index in [1.807, 2.05) is 32.0 Å². The van der Waals surface area contributed by atoms with Crippen LogP contribution in [0.3, 0.4) is 0 Å². The van der Waals surface area contributed by atoms with Crippen molar-refractivity contribution in [1.82, 2.24) is 0 Å². The van der Waals surface area contributed by atoms with E-state index in [1.165, 1.54) is 12.1 Å². The topological polar surface area (TPSA) is 37.3 Å².